The average Bonchev–Trinajstić information content (AvgIpc) is 2.33. The zero-order valence-electron chi connectivity index (χ0n) is 4.99. The summed E-state index contributed by atoms with van der Waals surface area (Å²) >= 11 is 0. The Balaban J connectivity index is 2.53. The van der Waals surface area contributed by atoms with Crippen molar-refractivity contribution in [2.24, 2.45) is 4.99 Å². The molecule has 9 heavy (non-hydrogen) atoms. The van der Waals surface area contributed by atoms with E-state index < -0.39 is 0 Å². The van der Waals surface area contributed by atoms with Crippen LogP contribution in [0.25, 0.3) is 0 Å². The molecule has 1 aromatic rings. The topological polar surface area (TPSA) is 30.2 Å². The lowest BCUT2D eigenvalue weighted by atomic mass is 10.3. The normalized spacial score (nSPS) is 15.6. The van der Waals surface area contributed by atoms with Gasteiger partial charge in [0.25, 0.3) is 0 Å². The fraction of sp³-hybridized carbons (Fsp3) is 0.333. The molecule has 0 amide bonds. The van der Waals surface area contributed by atoms with Crippen LogP contribution in [0.1, 0.15) is 5.69 Å². The quantitative estimate of drug-likeness (QED) is 0.486. The fourth-order valence-corrected chi connectivity index (χ4v) is 0.958. The number of hydrogen-bond acceptors (Lipinski definition) is 2. The molecule has 2 rings (SSSR count). The van der Waals surface area contributed by atoms with E-state index in [1.54, 1.807) is 12.5 Å². The third-order valence-corrected chi connectivity index (χ3v) is 1.44. The molecule has 0 saturated heterocycles. The highest BCUT2D eigenvalue weighted by Gasteiger charge is 2.01. The molecule has 0 atom stereocenters. The molecular weight excluding hydrogens is 114 g/mol. The summed E-state index contributed by atoms with van der Waals surface area (Å²) in [5, 5.41) is 4.02. The first-order valence-electron chi connectivity index (χ1n) is 2.99. The van der Waals surface area contributed by atoms with Crippen LogP contribution in [-0.2, 0) is 6.42 Å². The highest BCUT2D eigenvalue weighted by molar-refractivity contribution is 5.59. The van der Waals surface area contributed by atoms with Crippen molar-refractivity contribution in [3.8, 4) is 0 Å². The van der Waals surface area contributed by atoms with Gasteiger partial charge in [-0.2, -0.15) is 5.10 Å². The van der Waals surface area contributed by atoms with Crippen LogP contribution in [0.5, 0.6) is 0 Å². The maximum atomic E-state index is 4.07. The molecule has 2 heterocycles. The van der Waals surface area contributed by atoms with Crippen molar-refractivity contribution in [2.45, 2.75) is 6.42 Å². The van der Waals surface area contributed by atoms with Crippen LogP contribution in [0.15, 0.2) is 17.3 Å². The van der Waals surface area contributed by atoms with Crippen molar-refractivity contribution >= 4 is 6.34 Å². The van der Waals surface area contributed by atoms with Crippen LogP contribution in [0.2, 0.25) is 0 Å². The van der Waals surface area contributed by atoms with Crippen LogP contribution in [0.3, 0.4) is 0 Å². The Morgan fingerprint density at radius 1 is 1.56 bits per heavy atom. The van der Waals surface area contributed by atoms with Gasteiger partial charge in [-0.3, -0.25) is 4.99 Å². The summed E-state index contributed by atoms with van der Waals surface area (Å²) < 4.78 is 1.81. The first-order chi connectivity index (χ1) is 4.47. The molecule has 1 aliphatic heterocycles. The van der Waals surface area contributed by atoms with Gasteiger partial charge in [0.1, 0.15) is 6.34 Å². The number of fused-ring (bicyclic) bond motifs is 1. The lowest BCUT2D eigenvalue weighted by Gasteiger charge is -2.03. The van der Waals surface area contributed by atoms with Gasteiger partial charge in [0.2, 0.25) is 0 Å². The number of hydrogen-bond donors (Lipinski definition) is 0. The summed E-state index contributed by atoms with van der Waals surface area (Å²) in [6, 6.07) is 2.02. The van der Waals surface area contributed by atoms with E-state index in [1.807, 2.05) is 10.7 Å². The van der Waals surface area contributed by atoms with Crippen LogP contribution in [0, 0.1) is 0 Å². The Hall–Kier alpha value is -1.12. The molecule has 0 spiro atoms. The van der Waals surface area contributed by atoms with Gasteiger partial charge in [0.05, 0.1) is 0 Å². The Morgan fingerprint density at radius 2 is 2.56 bits per heavy atom. The Kier molecular flexibility index (Phi) is 0.886. The zero-order chi connectivity index (χ0) is 6.10. The molecular formula is C6H7N3. The number of rotatable bonds is 0. The van der Waals surface area contributed by atoms with Gasteiger partial charge in [-0.15, -0.1) is 0 Å². The smallest absolute Gasteiger partial charge is 0.111 e. The molecule has 0 N–H and O–H groups in total. The van der Waals surface area contributed by atoms with Gasteiger partial charge in [-0.1, -0.05) is 0 Å². The van der Waals surface area contributed by atoms with Gasteiger partial charge in [0.15, 0.2) is 0 Å². The van der Waals surface area contributed by atoms with Crippen molar-refractivity contribution < 1.29 is 0 Å². The van der Waals surface area contributed by atoms with Crippen molar-refractivity contribution in [3.05, 3.63) is 18.0 Å². The molecule has 0 aliphatic carbocycles. The summed E-state index contributed by atoms with van der Waals surface area (Å²) in [5.41, 5.74) is 1.25. The summed E-state index contributed by atoms with van der Waals surface area (Å²) in [7, 11) is 0. The molecule has 0 unspecified atom stereocenters. The van der Waals surface area contributed by atoms with E-state index in [-0.39, 0.29) is 0 Å². The minimum absolute atomic E-state index is 0.908. The van der Waals surface area contributed by atoms with Gasteiger partial charge >= 0.3 is 0 Å². The highest BCUT2D eigenvalue weighted by Crippen LogP contribution is 2.00. The summed E-state index contributed by atoms with van der Waals surface area (Å²) in [6.45, 7) is 0.908. The molecule has 0 bridgehead atoms. The van der Waals surface area contributed by atoms with Gasteiger partial charge in [0, 0.05) is 24.9 Å². The predicted octanol–water partition coefficient (Wildman–Crippen LogP) is 0.316. The van der Waals surface area contributed by atoms with E-state index in [9.17, 15) is 0 Å². The van der Waals surface area contributed by atoms with E-state index in [4.69, 9.17) is 0 Å². The van der Waals surface area contributed by atoms with E-state index in [2.05, 4.69) is 10.1 Å². The second kappa shape index (κ2) is 1.69. The van der Waals surface area contributed by atoms with E-state index in [0.29, 0.717) is 0 Å². The molecule has 0 saturated carbocycles. The Morgan fingerprint density at radius 3 is 3.44 bits per heavy atom. The zero-order valence-corrected chi connectivity index (χ0v) is 4.99. The lowest BCUT2D eigenvalue weighted by Crippen LogP contribution is -2.10. The maximum absolute atomic E-state index is 4.07. The monoisotopic (exact) mass is 121 g/mol. The first-order valence-corrected chi connectivity index (χ1v) is 2.99. The third kappa shape index (κ3) is 0.650. The van der Waals surface area contributed by atoms with E-state index >= 15 is 0 Å². The van der Waals surface area contributed by atoms with Gasteiger partial charge in [-0.05, 0) is 6.07 Å². The van der Waals surface area contributed by atoms with Gasteiger partial charge in [-0.25, -0.2) is 4.68 Å². The van der Waals surface area contributed by atoms with Crippen LogP contribution in [-0.4, -0.2) is 22.7 Å². The van der Waals surface area contributed by atoms with Crippen LogP contribution >= 0.6 is 0 Å². The van der Waals surface area contributed by atoms with Crippen molar-refractivity contribution in [2.75, 3.05) is 6.54 Å². The molecule has 0 aromatic carbocycles. The predicted molar refractivity (Wildman–Crippen MR) is 34.7 cm³/mol. The third-order valence-electron chi connectivity index (χ3n) is 1.44. The number of aromatic nitrogens is 2. The molecule has 3 heteroatoms. The highest BCUT2D eigenvalue weighted by atomic mass is 15.3. The molecule has 1 aliphatic rings. The minimum Gasteiger partial charge on any atom is -0.273 e. The molecule has 46 valence electrons. The van der Waals surface area contributed by atoms with Crippen molar-refractivity contribution in [1.82, 2.24) is 9.78 Å². The number of aliphatic imine (C=N–C) groups is 1. The van der Waals surface area contributed by atoms with Gasteiger partial charge < -0.3 is 0 Å². The Labute approximate surface area is 53.0 Å². The van der Waals surface area contributed by atoms with Crippen LogP contribution in [0.4, 0.5) is 0 Å². The Bertz CT molecular complexity index is 236. The van der Waals surface area contributed by atoms with Crippen molar-refractivity contribution in [3.63, 3.8) is 0 Å². The van der Waals surface area contributed by atoms with E-state index in [0.717, 1.165) is 13.0 Å². The largest absolute Gasteiger partial charge is 0.273 e. The maximum Gasteiger partial charge on any atom is 0.111 e. The SMILES string of the molecule is C1=NCCc2ccnn21. The van der Waals surface area contributed by atoms with E-state index in [1.165, 1.54) is 5.69 Å². The molecule has 3 nitrogen and oxygen atoms in total. The molecule has 0 radical (unpaired) electrons. The van der Waals surface area contributed by atoms with Crippen molar-refractivity contribution in [1.29, 1.82) is 0 Å². The molecule has 1 aromatic heterocycles. The molecule has 0 fully saturated rings. The second-order valence-corrected chi connectivity index (χ2v) is 2.04. The minimum atomic E-state index is 0.908. The lowest BCUT2D eigenvalue weighted by molar-refractivity contribution is 0.797. The standard InChI is InChI=1S/C6H7N3/c1-3-7-5-9-6(1)2-4-8-9/h2,4-5H,1,3H2. The number of nitrogens with zero attached hydrogens (tertiary/aromatic N) is 3. The fourth-order valence-electron chi connectivity index (χ4n) is 0.958. The first kappa shape index (κ1) is 4.73. The second-order valence-electron chi connectivity index (χ2n) is 2.04. The summed E-state index contributed by atoms with van der Waals surface area (Å²) in [5.74, 6) is 0. The average molecular weight is 121 g/mol. The van der Waals surface area contributed by atoms with Crippen LogP contribution < -0.4 is 0 Å². The summed E-state index contributed by atoms with van der Waals surface area (Å²) in [4.78, 5) is 4.07. The summed E-state index contributed by atoms with van der Waals surface area (Å²) in [6.07, 6.45) is 4.59.